The third-order valence-corrected chi connectivity index (χ3v) is 2.77. The zero-order valence-corrected chi connectivity index (χ0v) is 12.1. The normalized spacial score (nSPS) is 11.1. The molecule has 0 atom stereocenters. The molecule has 1 aromatic heterocycles. The predicted molar refractivity (Wildman–Crippen MR) is 76.8 cm³/mol. The van der Waals surface area contributed by atoms with Crippen molar-refractivity contribution in [2.75, 3.05) is 38.6 Å². The topological polar surface area (TPSA) is 56.7 Å². The van der Waals surface area contributed by atoms with Crippen LogP contribution < -0.4 is 4.90 Å². The summed E-state index contributed by atoms with van der Waals surface area (Å²) in [6.45, 7) is 6.73. The van der Waals surface area contributed by atoms with Crippen LogP contribution in [0.5, 0.6) is 0 Å². The van der Waals surface area contributed by atoms with Crippen molar-refractivity contribution < 1.29 is 9.90 Å². The van der Waals surface area contributed by atoms with E-state index in [-0.39, 0.29) is 0 Å². The SMILES string of the molecule is CC(C)CN(CCN(C)C)c1cnccc1C(=O)O. The molecule has 1 heterocycles. The van der Waals surface area contributed by atoms with Gasteiger partial charge in [-0.25, -0.2) is 4.79 Å². The number of pyridine rings is 1. The van der Waals surface area contributed by atoms with Crippen molar-refractivity contribution in [3.63, 3.8) is 0 Å². The largest absolute Gasteiger partial charge is 0.478 e. The lowest BCUT2D eigenvalue weighted by Gasteiger charge is -2.28. The summed E-state index contributed by atoms with van der Waals surface area (Å²) in [7, 11) is 4.02. The second-order valence-electron chi connectivity index (χ2n) is 5.34. The van der Waals surface area contributed by atoms with Crippen LogP contribution >= 0.6 is 0 Å². The molecule has 0 fully saturated rings. The Hall–Kier alpha value is -1.62. The quantitative estimate of drug-likeness (QED) is 0.814. The average molecular weight is 265 g/mol. The number of hydrogen-bond acceptors (Lipinski definition) is 4. The summed E-state index contributed by atoms with van der Waals surface area (Å²) >= 11 is 0. The van der Waals surface area contributed by atoms with E-state index in [1.165, 1.54) is 6.20 Å². The molecule has 0 amide bonds. The first-order chi connectivity index (χ1) is 8.91. The van der Waals surface area contributed by atoms with E-state index in [9.17, 15) is 9.90 Å². The van der Waals surface area contributed by atoms with Crippen molar-refractivity contribution in [3.8, 4) is 0 Å². The van der Waals surface area contributed by atoms with Crippen LogP contribution in [0.1, 0.15) is 24.2 Å². The van der Waals surface area contributed by atoms with E-state index in [0.29, 0.717) is 17.2 Å². The van der Waals surface area contributed by atoms with E-state index in [4.69, 9.17) is 0 Å². The molecular formula is C14H23N3O2. The summed E-state index contributed by atoms with van der Waals surface area (Å²) in [5.41, 5.74) is 1.01. The minimum Gasteiger partial charge on any atom is -0.478 e. The maximum absolute atomic E-state index is 11.3. The first-order valence-corrected chi connectivity index (χ1v) is 6.48. The summed E-state index contributed by atoms with van der Waals surface area (Å²) in [6, 6.07) is 1.56. The van der Waals surface area contributed by atoms with E-state index in [1.54, 1.807) is 12.3 Å². The van der Waals surface area contributed by atoms with Gasteiger partial charge in [0.15, 0.2) is 0 Å². The van der Waals surface area contributed by atoms with Crippen LogP contribution in [0.15, 0.2) is 18.5 Å². The lowest BCUT2D eigenvalue weighted by atomic mass is 10.1. The van der Waals surface area contributed by atoms with Gasteiger partial charge in [0.25, 0.3) is 0 Å². The molecule has 106 valence electrons. The number of carbonyl (C=O) groups is 1. The fraction of sp³-hybridized carbons (Fsp3) is 0.571. The van der Waals surface area contributed by atoms with Crippen molar-refractivity contribution in [2.24, 2.45) is 5.92 Å². The molecule has 0 saturated heterocycles. The monoisotopic (exact) mass is 265 g/mol. The Kier molecular flexibility index (Phi) is 5.76. The van der Waals surface area contributed by atoms with E-state index in [1.807, 2.05) is 14.1 Å². The van der Waals surface area contributed by atoms with Crippen LogP contribution in [0.3, 0.4) is 0 Å². The van der Waals surface area contributed by atoms with Gasteiger partial charge in [-0.15, -0.1) is 0 Å². The molecule has 0 spiro atoms. The summed E-state index contributed by atoms with van der Waals surface area (Å²) in [5.74, 6) is -0.444. The van der Waals surface area contributed by atoms with Gasteiger partial charge < -0.3 is 14.9 Å². The maximum Gasteiger partial charge on any atom is 0.337 e. The van der Waals surface area contributed by atoms with Gasteiger partial charge in [0.1, 0.15) is 0 Å². The molecule has 0 aliphatic heterocycles. The summed E-state index contributed by atoms with van der Waals surface area (Å²) in [6.07, 6.45) is 3.16. The Morgan fingerprint density at radius 2 is 2.05 bits per heavy atom. The Labute approximate surface area is 114 Å². The van der Waals surface area contributed by atoms with Crippen LogP contribution in [0, 0.1) is 5.92 Å². The number of likely N-dealkylation sites (N-methyl/N-ethyl adjacent to an activating group) is 1. The Morgan fingerprint density at radius 3 is 2.58 bits per heavy atom. The minimum absolute atomic E-state index is 0.314. The van der Waals surface area contributed by atoms with Crippen LogP contribution in [0.4, 0.5) is 5.69 Å². The van der Waals surface area contributed by atoms with Crippen LogP contribution in [0.25, 0.3) is 0 Å². The third-order valence-electron chi connectivity index (χ3n) is 2.77. The highest BCUT2D eigenvalue weighted by atomic mass is 16.4. The van der Waals surface area contributed by atoms with Crippen molar-refractivity contribution in [1.29, 1.82) is 0 Å². The Morgan fingerprint density at radius 1 is 1.37 bits per heavy atom. The van der Waals surface area contributed by atoms with Gasteiger partial charge in [-0.05, 0) is 26.1 Å². The van der Waals surface area contributed by atoms with Gasteiger partial charge in [-0.2, -0.15) is 0 Å². The zero-order chi connectivity index (χ0) is 14.4. The molecule has 1 aromatic rings. The molecule has 5 heteroatoms. The predicted octanol–water partition coefficient (Wildman–Crippen LogP) is 1.80. The van der Waals surface area contributed by atoms with Gasteiger partial charge in [-0.3, -0.25) is 4.98 Å². The van der Waals surface area contributed by atoms with Crippen molar-refractivity contribution >= 4 is 11.7 Å². The zero-order valence-electron chi connectivity index (χ0n) is 12.1. The van der Waals surface area contributed by atoms with E-state index < -0.39 is 5.97 Å². The second-order valence-corrected chi connectivity index (χ2v) is 5.34. The number of hydrogen-bond donors (Lipinski definition) is 1. The molecule has 0 aromatic carbocycles. The highest BCUT2D eigenvalue weighted by Gasteiger charge is 2.17. The van der Waals surface area contributed by atoms with Crippen molar-refractivity contribution in [2.45, 2.75) is 13.8 Å². The number of anilines is 1. The molecule has 1 rings (SSSR count). The van der Waals surface area contributed by atoms with E-state index in [2.05, 4.69) is 28.6 Å². The first-order valence-electron chi connectivity index (χ1n) is 6.48. The average Bonchev–Trinajstić information content (AvgIpc) is 2.33. The number of aromatic nitrogens is 1. The van der Waals surface area contributed by atoms with Gasteiger partial charge in [0.05, 0.1) is 17.4 Å². The van der Waals surface area contributed by atoms with Crippen LogP contribution in [-0.2, 0) is 0 Å². The fourth-order valence-electron chi connectivity index (χ4n) is 1.89. The molecule has 0 radical (unpaired) electrons. The summed E-state index contributed by atoms with van der Waals surface area (Å²) < 4.78 is 0. The molecular weight excluding hydrogens is 242 g/mol. The summed E-state index contributed by atoms with van der Waals surface area (Å²) in [5, 5.41) is 9.26. The standard InChI is InChI=1S/C14H23N3O2/c1-11(2)10-17(8-7-16(3)4)13-9-15-6-5-12(13)14(18)19/h5-6,9,11H,7-8,10H2,1-4H3,(H,18,19). The molecule has 0 saturated carbocycles. The fourth-order valence-corrected chi connectivity index (χ4v) is 1.89. The lowest BCUT2D eigenvalue weighted by Crippen LogP contribution is -2.35. The molecule has 0 aliphatic carbocycles. The van der Waals surface area contributed by atoms with Crippen LogP contribution in [0.2, 0.25) is 0 Å². The first kappa shape index (κ1) is 15.4. The molecule has 19 heavy (non-hydrogen) atoms. The molecule has 1 N–H and O–H groups in total. The molecule has 0 bridgehead atoms. The smallest absolute Gasteiger partial charge is 0.337 e. The number of carboxylic acid groups (broad SMARTS) is 1. The lowest BCUT2D eigenvalue weighted by molar-refractivity contribution is 0.0697. The maximum atomic E-state index is 11.3. The van der Waals surface area contributed by atoms with E-state index in [0.717, 1.165) is 19.6 Å². The Bertz CT molecular complexity index is 419. The third kappa shape index (κ3) is 4.87. The molecule has 5 nitrogen and oxygen atoms in total. The molecule has 0 unspecified atom stereocenters. The highest BCUT2D eigenvalue weighted by molar-refractivity contribution is 5.94. The second kappa shape index (κ2) is 7.09. The van der Waals surface area contributed by atoms with E-state index >= 15 is 0 Å². The van der Waals surface area contributed by atoms with Gasteiger partial charge in [-0.1, -0.05) is 13.8 Å². The van der Waals surface area contributed by atoms with Gasteiger partial charge in [0.2, 0.25) is 0 Å². The molecule has 0 aliphatic rings. The number of nitrogens with zero attached hydrogens (tertiary/aromatic N) is 3. The number of rotatable bonds is 7. The van der Waals surface area contributed by atoms with Gasteiger partial charge >= 0.3 is 5.97 Å². The van der Waals surface area contributed by atoms with Crippen molar-refractivity contribution in [3.05, 3.63) is 24.0 Å². The summed E-state index contributed by atoms with van der Waals surface area (Å²) in [4.78, 5) is 19.5. The highest BCUT2D eigenvalue weighted by Crippen LogP contribution is 2.20. The minimum atomic E-state index is -0.906. The van der Waals surface area contributed by atoms with Crippen LogP contribution in [-0.4, -0.2) is 54.7 Å². The van der Waals surface area contributed by atoms with Crippen molar-refractivity contribution in [1.82, 2.24) is 9.88 Å². The number of aromatic carboxylic acids is 1. The Balaban J connectivity index is 2.99. The van der Waals surface area contributed by atoms with Gasteiger partial charge in [0, 0.05) is 25.8 Å². The number of carboxylic acids is 1.